The molecule has 0 unspecified atom stereocenters. The maximum atomic E-state index is 5.53. The zero-order valence-corrected chi connectivity index (χ0v) is 10.5. The van der Waals surface area contributed by atoms with Gasteiger partial charge in [0.1, 0.15) is 0 Å². The van der Waals surface area contributed by atoms with Crippen LogP contribution in [0.5, 0.6) is 0 Å². The first-order valence-electron chi connectivity index (χ1n) is 4.55. The van der Waals surface area contributed by atoms with E-state index in [4.69, 9.17) is 14.6 Å². The van der Waals surface area contributed by atoms with Gasteiger partial charge in [-0.25, -0.2) is 0 Å². The Balaban J connectivity index is 0. The van der Waals surface area contributed by atoms with Crippen LogP contribution in [0.15, 0.2) is 0 Å². The van der Waals surface area contributed by atoms with Crippen molar-refractivity contribution in [3.8, 4) is 0 Å². The van der Waals surface area contributed by atoms with Crippen molar-refractivity contribution in [3.63, 3.8) is 0 Å². The Kier molecular flexibility index (Phi) is 12.1. The minimum atomic E-state index is -1.94. The summed E-state index contributed by atoms with van der Waals surface area (Å²) < 4.78 is 10.5. The van der Waals surface area contributed by atoms with E-state index in [0.29, 0.717) is 6.17 Å². The highest BCUT2D eigenvalue weighted by Crippen LogP contribution is 2.11. The number of rotatable bonds is 5. The van der Waals surface area contributed by atoms with Gasteiger partial charge in [0.05, 0.1) is 0 Å². The molecule has 0 aromatic heterocycles. The van der Waals surface area contributed by atoms with E-state index < -0.39 is 8.56 Å². The van der Waals surface area contributed by atoms with Crippen molar-refractivity contribution in [2.75, 3.05) is 34.5 Å². The average Bonchev–Trinajstić information content (AvgIpc) is 2.16. The first-order valence-corrected chi connectivity index (χ1v) is 6.78. The average molecular weight is 208 g/mol. The normalized spacial score (nSPS) is 10.6. The molecule has 0 saturated carbocycles. The molecule has 0 aliphatic rings. The predicted octanol–water partition coefficient (Wildman–Crippen LogP) is 0.465. The summed E-state index contributed by atoms with van der Waals surface area (Å²) in [6, 6.07) is 0.983. The number of hydrogen-bond acceptors (Lipinski definition) is 4. The van der Waals surface area contributed by atoms with Gasteiger partial charge >= 0.3 is 8.56 Å². The Labute approximate surface area is 83.0 Å². The molecule has 0 radical (unpaired) electrons. The highest BCUT2D eigenvalue weighted by atomic mass is 28.4. The molecule has 4 nitrogen and oxygen atoms in total. The van der Waals surface area contributed by atoms with Crippen LogP contribution < -0.4 is 11.1 Å². The van der Waals surface area contributed by atoms with Crippen LogP contribution in [0.1, 0.15) is 13.3 Å². The lowest BCUT2D eigenvalue weighted by Crippen LogP contribution is -2.47. The fourth-order valence-electron chi connectivity index (χ4n) is 0.937. The summed E-state index contributed by atoms with van der Waals surface area (Å²) in [6.45, 7) is 2.11. The highest BCUT2D eigenvalue weighted by Gasteiger charge is 2.32. The van der Waals surface area contributed by atoms with Crippen LogP contribution in [-0.2, 0) is 8.85 Å². The fourth-order valence-corrected chi connectivity index (χ4v) is 2.81. The zero-order chi connectivity index (χ0) is 10.7. The van der Waals surface area contributed by atoms with E-state index >= 15 is 0 Å². The molecule has 0 aromatic rings. The molecule has 0 aliphatic carbocycles. The van der Waals surface area contributed by atoms with Crippen LogP contribution in [0.25, 0.3) is 0 Å². The van der Waals surface area contributed by atoms with Crippen LogP contribution in [0.4, 0.5) is 0 Å². The van der Waals surface area contributed by atoms with Gasteiger partial charge in [-0.2, -0.15) is 0 Å². The van der Waals surface area contributed by atoms with Gasteiger partial charge in [0.2, 0.25) is 0 Å². The lowest BCUT2D eigenvalue weighted by molar-refractivity contribution is 0.242. The summed E-state index contributed by atoms with van der Waals surface area (Å²) in [6.07, 6.45) is 1.62. The SMILES string of the molecule is CCC[Si](CN)(OC)OC.CNC. The fraction of sp³-hybridized carbons (Fsp3) is 1.00. The second-order valence-electron chi connectivity index (χ2n) is 2.77. The first-order chi connectivity index (χ1) is 6.16. The van der Waals surface area contributed by atoms with Crippen LogP contribution in [-0.4, -0.2) is 43.0 Å². The molecule has 0 amide bonds. The molecule has 82 valence electrons. The summed E-state index contributed by atoms with van der Waals surface area (Å²) in [7, 11) is 5.17. The third-order valence-corrected chi connectivity index (χ3v) is 5.06. The maximum Gasteiger partial charge on any atom is 0.351 e. The minimum absolute atomic E-state index is 0.549. The third-order valence-electron chi connectivity index (χ3n) is 1.69. The highest BCUT2D eigenvalue weighted by molar-refractivity contribution is 6.67. The summed E-state index contributed by atoms with van der Waals surface area (Å²) in [5, 5.41) is 2.75. The van der Waals surface area contributed by atoms with E-state index in [9.17, 15) is 0 Å². The Morgan fingerprint density at radius 1 is 1.23 bits per heavy atom. The quantitative estimate of drug-likeness (QED) is 0.645. The van der Waals surface area contributed by atoms with Gasteiger partial charge in [-0.3, -0.25) is 0 Å². The van der Waals surface area contributed by atoms with E-state index in [1.807, 2.05) is 14.1 Å². The Morgan fingerprint density at radius 3 is 1.69 bits per heavy atom. The van der Waals surface area contributed by atoms with Gasteiger partial charge in [-0.15, -0.1) is 0 Å². The topological polar surface area (TPSA) is 56.5 Å². The number of hydrogen-bond donors (Lipinski definition) is 2. The molecule has 0 saturated heterocycles. The lowest BCUT2D eigenvalue weighted by Gasteiger charge is -2.24. The van der Waals surface area contributed by atoms with E-state index in [0.717, 1.165) is 12.5 Å². The molecule has 0 spiro atoms. The van der Waals surface area contributed by atoms with Crippen LogP contribution in [0.3, 0.4) is 0 Å². The Hall–Kier alpha value is 0.0569. The Bertz CT molecular complexity index is 91.9. The van der Waals surface area contributed by atoms with Crippen LogP contribution in [0.2, 0.25) is 6.04 Å². The smallest absolute Gasteiger partial charge is 0.351 e. The van der Waals surface area contributed by atoms with Crippen molar-refractivity contribution >= 4 is 8.56 Å². The van der Waals surface area contributed by atoms with Crippen LogP contribution >= 0.6 is 0 Å². The molecule has 0 bridgehead atoms. The minimum Gasteiger partial charge on any atom is -0.397 e. The molecule has 0 fully saturated rings. The van der Waals surface area contributed by atoms with E-state index in [1.54, 1.807) is 14.2 Å². The summed E-state index contributed by atoms with van der Waals surface area (Å²) >= 11 is 0. The second-order valence-corrected chi connectivity index (χ2v) is 6.32. The predicted molar refractivity (Wildman–Crippen MR) is 58.9 cm³/mol. The third kappa shape index (κ3) is 7.15. The van der Waals surface area contributed by atoms with Crippen molar-refractivity contribution in [2.24, 2.45) is 5.73 Å². The molecule has 5 heteroatoms. The maximum absolute atomic E-state index is 5.53. The van der Waals surface area contributed by atoms with E-state index in [2.05, 4.69) is 12.2 Å². The second kappa shape index (κ2) is 10.1. The van der Waals surface area contributed by atoms with Crippen molar-refractivity contribution in [3.05, 3.63) is 0 Å². The van der Waals surface area contributed by atoms with Gasteiger partial charge in [-0.05, 0) is 20.1 Å². The molecule has 0 rings (SSSR count). The summed E-state index contributed by atoms with van der Waals surface area (Å²) in [5.41, 5.74) is 5.53. The van der Waals surface area contributed by atoms with Gasteiger partial charge < -0.3 is 19.9 Å². The lowest BCUT2D eigenvalue weighted by atomic mass is 10.6. The molecule has 0 heterocycles. The molecular formula is C8H24N2O2Si. The standard InChI is InChI=1S/C6H17NO2Si.C2H7N/c1-4-5-10(6-7,8-2)9-3;1-3-2/h4-7H2,1-3H3;3H,1-2H3. The van der Waals surface area contributed by atoms with Crippen molar-refractivity contribution in [2.45, 2.75) is 19.4 Å². The largest absolute Gasteiger partial charge is 0.397 e. The van der Waals surface area contributed by atoms with Crippen molar-refractivity contribution < 1.29 is 8.85 Å². The molecular weight excluding hydrogens is 184 g/mol. The van der Waals surface area contributed by atoms with Crippen LogP contribution in [0, 0.1) is 0 Å². The molecule has 3 N–H and O–H groups in total. The van der Waals surface area contributed by atoms with Crippen molar-refractivity contribution in [1.29, 1.82) is 0 Å². The summed E-state index contributed by atoms with van der Waals surface area (Å²) in [5.74, 6) is 0. The van der Waals surface area contributed by atoms with Gasteiger partial charge in [0.15, 0.2) is 0 Å². The molecule has 0 aliphatic heterocycles. The van der Waals surface area contributed by atoms with Gasteiger partial charge in [-0.1, -0.05) is 13.3 Å². The van der Waals surface area contributed by atoms with E-state index in [1.165, 1.54) is 0 Å². The van der Waals surface area contributed by atoms with Gasteiger partial charge in [0.25, 0.3) is 0 Å². The number of nitrogens with one attached hydrogen (secondary N) is 1. The first kappa shape index (κ1) is 15.5. The molecule has 0 aromatic carbocycles. The summed E-state index contributed by atoms with van der Waals surface area (Å²) in [4.78, 5) is 0. The molecule has 13 heavy (non-hydrogen) atoms. The number of nitrogens with two attached hydrogens (primary N) is 1. The van der Waals surface area contributed by atoms with Gasteiger partial charge in [0, 0.05) is 20.4 Å². The molecule has 0 atom stereocenters. The Morgan fingerprint density at radius 2 is 1.62 bits per heavy atom. The monoisotopic (exact) mass is 208 g/mol. The van der Waals surface area contributed by atoms with E-state index in [-0.39, 0.29) is 0 Å². The van der Waals surface area contributed by atoms with Crippen molar-refractivity contribution in [1.82, 2.24) is 5.32 Å². The zero-order valence-electron chi connectivity index (χ0n) is 9.52.